The largest absolute Gasteiger partial charge is 0.488 e. The van der Waals surface area contributed by atoms with Crippen LogP contribution in [0.3, 0.4) is 0 Å². The van der Waals surface area contributed by atoms with Crippen LogP contribution in [0.1, 0.15) is 24.5 Å². The van der Waals surface area contributed by atoms with Crippen molar-refractivity contribution in [3.63, 3.8) is 0 Å². The normalized spacial score (nSPS) is 25.4. The number of hydrogen-bond acceptors (Lipinski definition) is 3. The fourth-order valence-corrected chi connectivity index (χ4v) is 2.98. The molecule has 2 heterocycles. The molecule has 3 nitrogen and oxygen atoms in total. The predicted octanol–water partition coefficient (Wildman–Crippen LogP) is 1.76. The number of likely N-dealkylation sites (tertiary alicyclic amines) is 1. The molecule has 1 saturated heterocycles. The highest BCUT2D eigenvalue weighted by Gasteiger charge is 2.40. The van der Waals surface area contributed by atoms with E-state index in [1.165, 1.54) is 11.1 Å². The summed E-state index contributed by atoms with van der Waals surface area (Å²) in [6.45, 7) is 6.67. The molecule has 0 bridgehead atoms. The lowest BCUT2D eigenvalue weighted by Crippen LogP contribution is -2.62. The lowest BCUT2D eigenvalue weighted by Gasteiger charge is -2.46. The van der Waals surface area contributed by atoms with Gasteiger partial charge in [-0.15, -0.1) is 0 Å². The summed E-state index contributed by atoms with van der Waals surface area (Å²) in [5.41, 5.74) is 2.18. The second kappa shape index (κ2) is 4.25. The zero-order valence-electron chi connectivity index (χ0n) is 11.1. The van der Waals surface area contributed by atoms with E-state index in [4.69, 9.17) is 4.74 Å². The van der Waals surface area contributed by atoms with Gasteiger partial charge >= 0.3 is 0 Å². The first-order valence-corrected chi connectivity index (χ1v) is 6.79. The Bertz CT molecular complexity index is 452. The highest BCUT2D eigenvalue weighted by molar-refractivity contribution is 5.40. The Hall–Kier alpha value is -1.06. The van der Waals surface area contributed by atoms with Crippen molar-refractivity contribution in [1.82, 2.24) is 4.90 Å². The molecule has 0 amide bonds. The van der Waals surface area contributed by atoms with Crippen LogP contribution in [-0.4, -0.2) is 41.3 Å². The van der Waals surface area contributed by atoms with Gasteiger partial charge < -0.3 is 9.84 Å². The number of aryl methyl sites for hydroxylation is 1. The minimum Gasteiger partial charge on any atom is -0.488 e. The van der Waals surface area contributed by atoms with Crippen LogP contribution in [-0.2, 0) is 6.42 Å². The van der Waals surface area contributed by atoms with E-state index in [0.29, 0.717) is 0 Å². The zero-order valence-corrected chi connectivity index (χ0v) is 11.1. The standard InChI is InChI=1S/C15H21NO2/c1-3-15(17)9-16(10-15)8-13-7-12-6-11(2)4-5-14(12)18-13/h4-6,13,17H,3,7-10H2,1-2H3. The third-order valence-electron chi connectivity index (χ3n) is 4.11. The van der Waals surface area contributed by atoms with Crippen molar-refractivity contribution in [1.29, 1.82) is 0 Å². The van der Waals surface area contributed by atoms with Crippen molar-refractivity contribution in [2.24, 2.45) is 0 Å². The number of β-amino-alcohol motifs (C(OH)–C–C–N with tert-alkyl or cyclic N) is 1. The predicted molar refractivity (Wildman–Crippen MR) is 71.0 cm³/mol. The molecule has 1 unspecified atom stereocenters. The number of benzene rings is 1. The molecule has 1 N–H and O–H groups in total. The van der Waals surface area contributed by atoms with Crippen LogP contribution in [0.4, 0.5) is 0 Å². The van der Waals surface area contributed by atoms with Gasteiger partial charge in [0.15, 0.2) is 0 Å². The van der Waals surface area contributed by atoms with Crippen molar-refractivity contribution in [2.45, 2.75) is 38.4 Å². The number of aliphatic hydroxyl groups is 1. The smallest absolute Gasteiger partial charge is 0.123 e. The van der Waals surface area contributed by atoms with Crippen molar-refractivity contribution in [3.8, 4) is 5.75 Å². The van der Waals surface area contributed by atoms with Crippen LogP contribution in [0, 0.1) is 6.92 Å². The molecule has 0 aromatic heterocycles. The molecule has 2 aliphatic heterocycles. The average molecular weight is 247 g/mol. The van der Waals surface area contributed by atoms with E-state index < -0.39 is 5.60 Å². The Morgan fingerprint density at radius 1 is 1.44 bits per heavy atom. The van der Waals surface area contributed by atoms with Crippen LogP contribution in [0.15, 0.2) is 18.2 Å². The van der Waals surface area contributed by atoms with Gasteiger partial charge in [0, 0.05) is 26.1 Å². The number of fused-ring (bicyclic) bond motifs is 1. The van der Waals surface area contributed by atoms with E-state index >= 15 is 0 Å². The van der Waals surface area contributed by atoms with Crippen LogP contribution in [0.2, 0.25) is 0 Å². The van der Waals surface area contributed by atoms with Gasteiger partial charge in [-0.05, 0) is 25.0 Å². The van der Waals surface area contributed by atoms with Gasteiger partial charge in [0.05, 0.1) is 5.60 Å². The molecule has 98 valence electrons. The van der Waals surface area contributed by atoms with Gasteiger partial charge in [-0.1, -0.05) is 24.6 Å². The average Bonchev–Trinajstić information content (AvgIpc) is 2.68. The Labute approximate surface area is 108 Å². The van der Waals surface area contributed by atoms with E-state index in [-0.39, 0.29) is 6.10 Å². The lowest BCUT2D eigenvalue weighted by molar-refractivity contribution is -0.107. The number of hydrogen-bond donors (Lipinski definition) is 1. The Kier molecular flexibility index (Phi) is 2.83. The summed E-state index contributed by atoms with van der Waals surface area (Å²) in [4.78, 5) is 2.28. The molecule has 1 aromatic rings. The third kappa shape index (κ3) is 2.13. The summed E-state index contributed by atoms with van der Waals surface area (Å²) in [6.07, 6.45) is 2.09. The van der Waals surface area contributed by atoms with Gasteiger partial charge in [-0.2, -0.15) is 0 Å². The molecule has 0 aliphatic carbocycles. The number of nitrogens with zero attached hydrogens (tertiary/aromatic N) is 1. The van der Waals surface area contributed by atoms with Crippen molar-refractivity contribution in [3.05, 3.63) is 29.3 Å². The molecule has 3 heteroatoms. The SMILES string of the molecule is CCC1(O)CN(CC2Cc3cc(C)ccc3O2)C1. The highest BCUT2D eigenvalue weighted by atomic mass is 16.5. The molecule has 1 atom stereocenters. The van der Waals surface area contributed by atoms with Crippen LogP contribution in [0.5, 0.6) is 5.75 Å². The molecule has 0 spiro atoms. The lowest BCUT2D eigenvalue weighted by atomic mass is 9.91. The molecule has 0 radical (unpaired) electrons. The summed E-state index contributed by atoms with van der Waals surface area (Å²) in [5, 5.41) is 9.99. The van der Waals surface area contributed by atoms with Gasteiger partial charge in [0.1, 0.15) is 11.9 Å². The van der Waals surface area contributed by atoms with Crippen molar-refractivity contribution < 1.29 is 9.84 Å². The minimum absolute atomic E-state index is 0.253. The van der Waals surface area contributed by atoms with Crippen LogP contribution >= 0.6 is 0 Å². The maximum atomic E-state index is 9.99. The third-order valence-corrected chi connectivity index (χ3v) is 4.11. The molecule has 0 saturated carbocycles. The second-order valence-corrected chi connectivity index (χ2v) is 5.80. The Morgan fingerprint density at radius 2 is 2.22 bits per heavy atom. The molecule has 1 fully saturated rings. The topological polar surface area (TPSA) is 32.7 Å². The van der Waals surface area contributed by atoms with E-state index in [9.17, 15) is 5.11 Å². The molecule has 3 rings (SSSR count). The summed E-state index contributed by atoms with van der Waals surface area (Å²) in [6, 6.07) is 6.39. The first-order chi connectivity index (χ1) is 8.58. The van der Waals surface area contributed by atoms with E-state index in [1.807, 2.05) is 6.92 Å². The molecule has 2 aliphatic rings. The fourth-order valence-electron chi connectivity index (χ4n) is 2.98. The minimum atomic E-state index is -0.442. The summed E-state index contributed by atoms with van der Waals surface area (Å²) < 4.78 is 5.95. The first-order valence-electron chi connectivity index (χ1n) is 6.79. The van der Waals surface area contributed by atoms with Gasteiger partial charge in [0.25, 0.3) is 0 Å². The molecular formula is C15H21NO2. The summed E-state index contributed by atoms with van der Waals surface area (Å²) in [5.74, 6) is 1.04. The Morgan fingerprint density at radius 3 is 2.94 bits per heavy atom. The first kappa shape index (κ1) is 12.0. The van der Waals surface area contributed by atoms with E-state index in [2.05, 4.69) is 30.0 Å². The van der Waals surface area contributed by atoms with Crippen LogP contribution < -0.4 is 4.74 Å². The molecule has 1 aromatic carbocycles. The quantitative estimate of drug-likeness (QED) is 0.883. The Balaban J connectivity index is 1.56. The van der Waals surface area contributed by atoms with Crippen molar-refractivity contribution >= 4 is 0 Å². The zero-order chi connectivity index (χ0) is 12.8. The maximum absolute atomic E-state index is 9.99. The van der Waals surface area contributed by atoms with Crippen LogP contribution in [0.25, 0.3) is 0 Å². The highest BCUT2D eigenvalue weighted by Crippen LogP contribution is 2.31. The fraction of sp³-hybridized carbons (Fsp3) is 0.600. The monoisotopic (exact) mass is 247 g/mol. The number of rotatable bonds is 3. The molecule has 18 heavy (non-hydrogen) atoms. The van der Waals surface area contributed by atoms with Gasteiger partial charge in [0.2, 0.25) is 0 Å². The molecular weight excluding hydrogens is 226 g/mol. The maximum Gasteiger partial charge on any atom is 0.123 e. The van der Waals surface area contributed by atoms with Gasteiger partial charge in [-0.25, -0.2) is 0 Å². The number of ether oxygens (including phenoxy) is 1. The summed E-state index contributed by atoms with van der Waals surface area (Å²) >= 11 is 0. The summed E-state index contributed by atoms with van der Waals surface area (Å²) in [7, 11) is 0. The van der Waals surface area contributed by atoms with E-state index in [1.54, 1.807) is 0 Å². The van der Waals surface area contributed by atoms with Crippen molar-refractivity contribution in [2.75, 3.05) is 19.6 Å². The van der Waals surface area contributed by atoms with E-state index in [0.717, 1.165) is 38.2 Å². The van der Waals surface area contributed by atoms with Gasteiger partial charge in [-0.3, -0.25) is 4.90 Å². The second-order valence-electron chi connectivity index (χ2n) is 5.80.